The largest absolute Gasteiger partial charge is 0.388 e. The number of aliphatic hydroxyl groups is 1. The highest BCUT2D eigenvalue weighted by atomic mass is 19.1. The van der Waals surface area contributed by atoms with Gasteiger partial charge in [-0.25, -0.2) is 4.39 Å². The van der Waals surface area contributed by atoms with Crippen LogP contribution in [0.25, 0.3) is 0 Å². The van der Waals surface area contributed by atoms with E-state index in [0.29, 0.717) is 12.1 Å². The van der Waals surface area contributed by atoms with E-state index >= 15 is 0 Å². The number of amides is 1. The number of nitrogens with one attached hydrogen (secondary N) is 1. The monoisotopic (exact) mass is 280 g/mol. The van der Waals surface area contributed by atoms with Crippen molar-refractivity contribution in [3.63, 3.8) is 0 Å². The third kappa shape index (κ3) is 3.35. The van der Waals surface area contributed by atoms with Gasteiger partial charge in [0.05, 0.1) is 12.5 Å². The molecule has 1 aromatic rings. The number of benzene rings is 1. The molecule has 1 aliphatic heterocycles. The summed E-state index contributed by atoms with van der Waals surface area (Å²) in [5, 5.41) is 13.4. The number of piperazine rings is 1. The average Bonchev–Trinajstić information content (AvgIpc) is 2.41. The summed E-state index contributed by atoms with van der Waals surface area (Å²) >= 11 is 0. The van der Waals surface area contributed by atoms with Crippen LogP contribution in [0, 0.1) is 5.82 Å². The van der Waals surface area contributed by atoms with Crippen LogP contribution >= 0.6 is 0 Å². The Labute approximate surface area is 118 Å². The first-order valence-electron chi connectivity index (χ1n) is 6.95. The topological polar surface area (TPSA) is 52.6 Å². The molecule has 0 radical (unpaired) electrons. The molecule has 4 nitrogen and oxygen atoms in total. The summed E-state index contributed by atoms with van der Waals surface area (Å²) in [6.45, 7) is 5.42. The second-order valence-corrected chi connectivity index (χ2v) is 5.35. The summed E-state index contributed by atoms with van der Waals surface area (Å²) in [5.41, 5.74) is 0.439. The number of nitrogens with zero attached hydrogens (tertiary/aromatic N) is 1. The zero-order valence-corrected chi connectivity index (χ0v) is 11.8. The van der Waals surface area contributed by atoms with E-state index in [4.69, 9.17) is 0 Å². The maximum absolute atomic E-state index is 13.1. The van der Waals surface area contributed by atoms with Crippen molar-refractivity contribution < 1.29 is 14.3 Å². The van der Waals surface area contributed by atoms with E-state index in [2.05, 4.69) is 5.32 Å². The van der Waals surface area contributed by atoms with Crippen molar-refractivity contribution in [3.05, 3.63) is 35.6 Å². The zero-order valence-electron chi connectivity index (χ0n) is 11.8. The van der Waals surface area contributed by atoms with Crippen LogP contribution in [0.15, 0.2) is 24.3 Å². The van der Waals surface area contributed by atoms with Gasteiger partial charge in [0.25, 0.3) is 0 Å². The molecule has 20 heavy (non-hydrogen) atoms. The Bertz CT molecular complexity index is 481. The lowest BCUT2D eigenvalue weighted by Gasteiger charge is -2.39. The molecule has 3 unspecified atom stereocenters. The van der Waals surface area contributed by atoms with Gasteiger partial charge < -0.3 is 15.3 Å². The summed E-state index contributed by atoms with van der Waals surface area (Å²) in [6, 6.07) is 6.08. The van der Waals surface area contributed by atoms with Crippen molar-refractivity contribution in [2.45, 2.75) is 38.5 Å². The Morgan fingerprint density at radius 2 is 2.30 bits per heavy atom. The second kappa shape index (κ2) is 6.33. The van der Waals surface area contributed by atoms with Gasteiger partial charge in [0.2, 0.25) is 5.91 Å². The molecule has 1 fully saturated rings. The van der Waals surface area contributed by atoms with E-state index in [1.165, 1.54) is 18.2 Å². The van der Waals surface area contributed by atoms with E-state index in [-0.39, 0.29) is 24.4 Å². The normalized spacial score (nSPS) is 24.5. The number of carbonyl (C=O) groups is 1. The molecule has 0 aliphatic carbocycles. The first kappa shape index (κ1) is 14.9. The summed E-state index contributed by atoms with van der Waals surface area (Å²) in [6.07, 6.45) is -0.976. The minimum Gasteiger partial charge on any atom is -0.388 e. The number of rotatable bonds is 3. The number of hydrogen-bond acceptors (Lipinski definition) is 3. The SMILES string of the molecule is CC1NCCN(C(=O)CC(O)c2cccc(F)c2)C1C. The fourth-order valence-corrected chi connectivity index (χ4v) is 2.52. The van der Waals surface area contributed by atoms with Crippen LogP contribution in [0.2, 0.25) is 0 Å². The quantitative estimate of drug-likeness (QED) is 0.881. The van der Waals surface area contributed by atoms with Gasteiger partial charge in [-0.3, -0.25) is 4.79 Å². The van der Waals surface area contributed by atoms with Crippen molar-refractivity contribution >= 4 is 5.91 Å². The number of hydrogen-bond donors (Lipinski definition) is 2. The van der Waals surface area contributed by atoms with E-state index in [0.717, 1.165) is 6.54 Å². The molecule has 1 heterocycles. The van der Waals surface area contributed by atoms with Crippen molar-refractivity contribution in [2.75, 3.05) is 13.1 Å². The Kier molecular flexibility index (Phi) is 4.73. The molecule has 5 heteroatoms. The molecule has 0 saturated carbocycles. The minimum absolute atomic E-state index is 0.0134. The molecular weight excluding hydrogens is 259 g/mol. The standard InChI is InChI=1S/C15H21FN2O2/c1-10-11(2)18(7-6-17-10)15(20)9-14(19)12-4-3-5-13(16)8-12/h3-5,8,10-11,14,17,19H,6-7,9H2,1-2H3. The van der Waals surface area contributed by atoms with Gasteiger partial charge in [-0.05, 0) is 31.5 Å². The van der Waals surface area contributed by atoms with Crippen molar-refractivity contribution in [1.82, 2.24) is 10.2 Å². The van der Waals surface area contributed by atoms with Crippen LogP contribution in [0.3, 0.4) is 0 Å². The van der Waals surface area contributed by atoms with Gasteiger partial charge in [-0.15, -0.1) is 0 Å². The van der Waals surface area contributed by atoms with Crippen molar-refractivity contribution in [3.8, 4) is 0 Å². The molecule has 3 atom stereocenters. The van der Waals surface area contributed by atoms with Crippen LogP contribution in [-0.2, 0) is 4.79 Å². The van der Waals surface area contributed by atoms with E-state index in [9.17, 15) is 14.3 Å². The van der Waals surface area contributed by atoms with Gasteiger partial charge in [0.15, 0.2) is 0 Å². The molecule has 0 bridgehead atoms. The molecule has 2 rings (SSSR count). The first-order valence-corrected chi connectivity index (χ1v) is 6.95. The molecule has 1 amide bonds. The van der Waals surface area contributed by atoms with E-state index in [1.807, 2.05) is 13.8 Å². The summed E-state index contributed by atoms with van der Waals surface area (Å²) in [5.74, 6) is -0.499. The summed E-state index contributed by atoms with van der Waals surface area (Å²) < 4.78 is 13.1. The van der Waals surface area contributed by atoms with Gasteiger partial charge in [-0.1, -0.05) is 12.1 Å². The molecule has 1 aromatic carbocycles. The smallest absolute Gasteiger partial charge is 0.225 e. The molecule has 2 N–H and O–H groups in total. The highest BCUT2D eigenvalue weighted by Gasteiger charge is 2.29. The maximum Gasteiger partial charge on any atom is 0.225 e. The highest BCUT2D eigenvalue weighted by molar-refractivity contribution is 5.77. The molecule has 1 aliphatic rings. The first-order chi connectivity index (χ1) is 9.49. The Hall–Kier alpha value is -1.46. The van der Waals surface area contributed by atoms with Gasteiger partial charge >= 0.3 is 0 Å². The Morgan fingerprint density at radius 1 is 1.55 bits per heavy atom. The molecule has 110 valence electrons. The predicted octanol–water partition coefficient (Wildman–Crippen LogP) is 1.46. The van der Waals surface area contributed by atoms with Crippen LogP contribution in [0.5, 0.6) is 0 Å². The highest BCUT2D eigenvalue weighted by Crippen LogP contribution is 2.20. The van der Waals surface area contributed by atoms with E-state index < -0.39 is 11.9 Å². The average molecular weight is 280 g/mol. The number of carbonyl (C=O) groups excluding carboxylic acids is 1. The van der Waals surface area contributed by atoms with Gasteiger partial charge in [0, 0.05) is 25.2 Å². The van der Waals surface area contributed by atoms with Crippen LogP contribution in [0.1, 0.15) is 31.9 Å². The lowest BCUT2D eigenvalue weighted by molar-refractivity contribution is -0.137. The van der Waals surface area contributed by atoms with Crippen molar-refractivity contribution in [2.24, 2.45) is 0 Å². The zero-order chi connectivity index (χ0) is 14.7. The number of aliphatic hydroxyl groups excluding tert-OH is 1. The summed E-state index contributed by atoms with van der Waals surface area (Å²) in [4.78, 5) is 14.0. The van der Waals surface area contributed by atoms with Gasteiger partial charge in [0.1, 0.15) is 5.82 Å². The fraction of sp³-hybridized carbons (Fsp3) is 0.533. The molecule has 0 aromatic heterocycles. The maximum atomic E-state index is 13.1. The Balaban J connectivity index is 2.00. The Morgan fingerprint density at radius 3 is 3.00 bits per heavy atom. The van der Waals surface area contributed by atoms with Crippen LogP contribution in [0.4, 0.5) is 4.39 Å². The molecular formula is C15H21FN2O2. The van der Waals surface area contributed by atoms with Crippen LogP contribution < -0.4 is 5.32 Å². The van der Waals surface area contributed by atoms with Gasteiger partial charge in [-0.2, -0.15) is 0 Å². The third-order valence-corrected chi connectivity index (χ3v) is 3.96. The minimum atomic E-state index is -0.962. The lowest BCUT2D eigenvalue weighted by atomic mass is 10.0. The summed E-state index contributed by atoms with van der Waals surface area (Å²) in [7, 11) is 0. The third-order valence-electron chi connectivity index (χ3n) is 3.96. The second-order valence-electron chi connectivity index (χ2n) is 5.35. The van der Waals surface area contributed by atoms with Crippen LogP contribution in [-0.4, -0.2) is 41.1 Å². The van der Waals surface area contributed by atoms with Crippen molar-refractivity contribution in [1.29, 1.82) is 0 Å². The van der Waals surface area contributed by atoms with E-state index in [1.54, 1.807) is 11.0 Å². The lowest BCUT2D eigenvalue weighted by Crippen LogP contribution is -2.57. The predicted molar refractivity (Wildman–Crippen MR) is 74.6 cm³/mol. The molecule has 1 saturated heterocycles. The fourth-order valence-electron chi connectivity index (χ4n) is 2.52. The molecule has 0 spiro atoms. The number of halogens is 1.